The molecule has 0 radical (unpaired) electrons. The van der Waals surface area contributed by atoms with E-state index in [-0.39, 0.29) is 18.0 Å². The average molecular weight is 479 g/mol. The lowest BCUT2D eigenvalue weighted by atomic mass is 9.95. The number of esters is 1. The summed E-state index contributed by atoms with van der Waals surface area (Å²) in [7, 11) is 0. The van der Waals surface area contributed by atoms with Crippen molar-refractivity contribution in [3.63, 3.8) is 0 Å². The van der Waals surface area contributed by atoms with Crippen LogP contribution in [0.2, 0.25) is 0 Å². The first-order valence-corrected chi connectivity index (χ1v) is 15.2. The zero-order valence-electron chi connectivity index (χ0n) is 22.9. The van der Waals surface area contributed by atoms with E-state index in [1.54, 1.807) is 6.92 Å². The van der Waals surface area contributed by atoms with Crippen molar-refractivity contribution in [1.29, 1.82) is 0 Å². The van der Waals surface area contributed by atoms with Gasteiger partial charge in [-0.05, 0) is 39.0 Å². The van der Waals surface area contributed by atoms with Crippen molar-refractivity contribution in [2.45, 2.75) is 174 Å². The van der Waals surface area contributed by atoms with Gasteiger partial charge in [-0.2, -0.15) is 0 Å². The highest BCUT2D eigenvalue weighted by atomic mass is 16.6. The maximum absolute atomic E-state index is 11.7. The third kappa shape index (κ3) is 16.7. The van der Waals surface area contributed by atoms with Crippen LogP contribution in [0.3, 0.4) is 0 Å². The van der Waals surface area contributed by atoms with E-state index in [1.165, 1.54) is 135 Å². The Bertz CT molecular complexity index is 487. The number of allylic oxidation sites excluding steroid dienone is 2. The Kier molecular flexibility index (Phi) is 20.8. The topological polar surface area (TPSA) is 46.5 Å². The van der Waals surface area contributed by atoms with Gasteiger partial charge in [-0.1, -0.05) is 135 Å². The molecule has 0 amide bonds. The van der Waals surface area contributed by atoms with E-state index in [1.807, 2.05) is 0 Å². The molecule has 0 aromatic carbocycles. The minimum Gasteiger partial charge on any atom is -0.460 e. The highest BCUT2D eigenvalue weighted by molar-refractivity contribution is 5.75. The largest absolute Gasteiger partial charge is 0.460 e. The first kappa shape index (κ1) is 31.2. The van der Waals surface area contributed by atoms with E-state index in [0.29, 0.717) is 0 Å². The van der Waals surface area contributed by atoms with E-state index in [9.17, 15) is 9.90 Å². The molecule has 1 aliphatic rings. The molecule has 1 heterocycles. The van der Waals surface area contributed by atoms with Crippen LogP contribution in [-0.2, 0) is 9.53 Å². The maximum atomic E-state index is 11.7. The highest BCUT2D eigenvalue weighted by Gasteiger charge is 2.40. The number of hydrogen-bond donors (Lipinski definition) is 1. The molecule has 3 atom stereocenters. The van der Waals surface area contributed by atoms with Gasteiger partial charge in [0.05, 0.1) is 5.92 Å². The second kappa shape index (κ2) is 22.6. The molecule has 0 aliphatic carbocycles. The molecule has 1 rings (SSSR count). The Hall–Kier alpha value is -0.830. The zero-order chi connectivity index (χ0) is 24.7. The smallest absolute Gasteiger partial charge is 0.312 e. The van der Waals surface area contributed by atoms with Gasteiger partial charge in [0.15, 0.2) is 0 Å². The zero-order valence-corrected chi connectivity index (χ0v) is 22.9. The van der Waals surface area contributed by atoms with Crippen LogP contribution >= 0.6 is 0 Å². The van der Waals surface area contributed by atoms with Gasteiger partial charge in [0, 0.05) is 0 Å². The summed E-state index contributed by atoms with van der Waals surface area (Å²) in [6.45, 7) is 4.06. The first-order valence-electron chi connectivity index (χ1n) is 15.2. The fourth-order valence-electron chi connectivity index (χ4n) is 5.12. The van der Waals surface area contributed by atoms with Crippen molar-refractivity contribution in [3.05, 3.63) is 12.2 Å². The lowest BCUT2D eigenvalue weighted by Gasteiger charge is -2.11. The molecule has 0 aromatic rings. The number of ether oxygens (including phenoxy) is 1. The third-order valence-electron chi connectivity index (χ3n) is 7.52. The summed E-state index contributed by atoms with van der Waals surface area (Å²) in [6.07, 6.45) is 34.4. The van der Waals surface area contributed by atoms with E-state index >= 15 is 0 Å². The minimum atomic E-state index is -0.603. The van der Waals surface area contributed by atoms with Gasteiger partial charge in [-0.3, -0.25) is 4.79 Å². The van der Waals surface area contributed by atoms with Crippen LogP contribution in [0.5, 0.6) is 0 Å². The normalized spacial score (nSPS) is 20.4. The first-order chi connectivity index (χ1) is 16.7. The van der Waals surface area contributed by atoms with Crippen LogP contribution in [0.15, 0.2) is 12.2 Å². The lowest BCUT2D eigenvalue weighted by molar-refractivity contribution is -0.143. The molecule has 0 spiro atoms. The van der Waals surface area contributed by atoms with Crippen molar-refractivity contribution in [2.75, 3.05) is 0 Å². The predicted octanol–water partition coefficient (Wildman–Crippen LogP) is 9.46. The monoisotopic (exact) mass is 478 g/mol. The molecule has 200 valence electrons. The fourth-order valence-corrected chi connectivity index (χ4v) is 5.12. The van der Waals surface area contributed by atoms with E-state index in [0.717, 1.165) is 12.8 Å². The SMILES string of the molecule is CCCCCCCC/C=C\CCCCCCCCCCCCCCCC[C@H]1C(=O)O[C@@H](C)[C@H]1O. The Morgan fingerprint density at radius 2 is 1.03 bits per heavy atom. The summed E-state index contributed by atoms with van der Waals surface area (Å²) in [5, 5.41) is 9.96. The fraction of sp³-hybridized carbons (Fsp3) is 0.903. The molecule has 1 fully saturated rings. The summed E-state index contributed by atoms with van der Waals surface area (Å²) in [5.74, 6) is -0.488. The summed E-state index contributed by atoms with van der Waals surface area (Å²) in [6, 6.07) is 0. The Morgan fingerprint density at radius 3 is 1.41 bits per heavy atom. The van der Waals surface area contributed by atoms with Crippen LogP contribution in [-0.4, -0.2) is 23.3 Å². The summed E-state index contributed by atoms with van der Waals surface area (Å²) in [5.41, 5.74) is 0. The molecule has 0 aromatic heterocycles. The molecule has 1 aliphatic heterocycles. The number of rotatable bonds is 24. The van der Waals surface area contributed by atoms with Gasteiger partial charge in [0.25, 0.3) is 0 Å². The number of carbonyl (C=O) groups is 1. The van der Waals surface area contributed by atoms with E-state index < -0.39 is 6.10 Å². The third-order valence-corrected chi connectivity index (χ3v) is 7.52. The highest BCUT2D eigenvalue weighted by Crippen LogP contribution is 2.26. The van der Waals surface area contributed by atoms with Crippen LogP contribution in [0.4, 0.5) is 0 Å². The van der Waals surface area contributed by atoms with Crippen molar-refractivity contribution in [2.24, 2.45) is 5.92 Å². The van der Waals surface area contributed by atoms with Crippen molar-refractivity contribution >= 4 is 5.97 Å². The van der Waals surface area contributed by atoms with Gasteiger partial charge in [0.2, 0.25) is 0 Å². The molecular weight excluding hydrogens is 420 g/mol. The Labute approximate surface area is 212 Å². The Balaban J connectivity index is 1.71. The van der Waals surface area contributed by atoms with Crippen molar-refractivity contribution in [3.8, 4) is 0 Å². The summed E-state index contributed by atoms with van der Waals surface area (Å²) < 4.78 is 5.10. The molecule has 0 bridgehead atoms. The lowest BCUT2D eigenvalue weighted by Crippen LogP contribution is -2.24. The minimum absolute atomic E-state index is 0.203. The number of aliphatic hydroxyl groups is 1. The molecule has 0 unspecified atom stereocenters. The second-order valence-corrected chi connectivity index (χ2v) is 10.8. The van der Waals surface area contributed by atoms with E-state index in [2.05, 4.69) is 19.1 Å². The average Bonchev–Trinajstić information content (AvgIpc) is 3.07. The van der Waals surface area contributed by atoms with Crippen LogP contribution < -0.4 is 0 Å². The van der Waals surface area contributed by atoms with Gasteiger partial charge >= 0.3 is 5.97 Å². The molecule has 34 heavy (non-hydrogen) atoms. The van der Waals surface area contributed by atoms with Gasteiger partial charge in [-0.25, -0.2) is 0 Å². The molecule has 3 nitrogen and oxygen atoms in total. The van der Waals surface area contributed by atoms with Gasteiger partial charge in [-0.15, -0.1) is 0 Å². The van der Waals surface area contributed by atoms with Gasteiger partial charge in [0.1, 0.15) is 12.2 Å². The Morgan fingerprint density at radius 1 is 0.647 bits per heavy atom. The van der Waals surface area contributed by atoms with Crippen molar-refractivity contribution < 1.29 is 14.6 Å². The number of carbonyl (C=O) groups excluding carboxylic acids is 1. The van der Waals surface area contributed by atoms with E-state index in [4.69, 9.17) is 4.74 Å². The number of cyclic esters (lactones) is 1. The maximum Gasteiger partial charge on any atom is 0.312 e. The molecule has 3 heteroatoms. The molecule has 1 saturated heterocycles. The summed E-state index contributed by atoms with van der Waals surface area (Å²) in [4.78, 5) is 11.7. The quantitative estimate of drug-likeness (QED) is 0.0853. The number of aliphatic hydroxyl groups excluding tert-OH is 1. The van der Waals surface area contributed by atoms with Crippen LogP contribution in [0, 0.1) is 5.92 Å². The van der Waals surface area contributed by atoms with Crippen molar-refractivity contribution in [1.82, 2.24) is 0 Å². The number of hydrogen-bond acceptors (Lipinski definition) is 3. The number of unbranched alkanes of at least 4 members (excludes halogenated alkanes) is 20. The van der Waals surface area contributed by atoms with Crippen LogP contribution in [0.1, 0.15) is 162 Å². The van der Waals surface area contributed by atoms with Crippen LogP contribution in [0.25, 0.3) is 0 Å². The predicted molar refractivity (Wildman–Crippen MR) is 146 cm³/mol. The van der Waals surface area contributed by atoms with Gasteiger partial charge < -0.3 is 9.84 Å². The second-order valence-electron chi connectivity index (χ2n) is 10.8. The molecule has 0 saturated carbocycles. The molecular formula is C31H58O3. The summed E-state index contributed by atoms with van der Waals surface area (Å²) >= 11 is 0. The molecule has 1 N–H and O–H groups in total. The standard InChI is InChI=1S/C31H58O3/c1-3-4-5-6-7-8-9-10-11-12-13-14-15-16-17-18-19-20-21-22-23-24-25-26-27-29-30(32)28(2)34-31(29)33/h10-11,28-30,32H,3-9,12-27H2,1-2H3/b11-10-/t28-,29+,30+/m0/s1.